The minimum absolute atomic E-state index is 0.0667. The zero-order valence-corrected chi connectivity index (χ0v) is 22.7. The number of amides is 1. The largest absolute Gasteiger partial charge is 0.491 e. The Morgan fingerprint density at radius 3 is 2.59 bits per heavy atom. The minimum Gasteiger partial charge on any atom is -0.491 e. The van der Waals surface area contributed by atoms with Gasteiger partial charge in [0.1, 0.15) is 18.2 Å². The number of hydrogen-bond acceptors (Lipinski definition) is 6. The number of halogens is 2. The van der Waals surface area contributed by atoms with Crippen molar-refractivity contribution < 1.29 is 27.1 Å². The van der Waals surface area contributed by atoms with E-state index in [0.29, 0.717) is 36.8 Å². The number of sulfonamides is 1. The summed E-state index contributed by atoms with van der Waals surface area (Å²) >= 11 is 7.57. The first-order valence-electron chi connectivity index (χ1n) is 11.8. The van der Waals surface area contributed by atoms with Gasteiger partial charge in [0.2, 0.25) is 15.9 Å². The van der Waals surface area contributed by atoms with E-state index in [1.165, 1.54) is 57.7 Å². The third-order valence-corrected chi connectivity index (χ3v) is 9.26. The van der Waals surface area contributed by atoms with Gasteiger partial charge in [-0.1, -0.05) is 11.6 Å². The molecular formula is C26H28ClFN2O5S2. The smallest absolute Gasteiger partial charge is 0.243 e. The van der Waals surface area contributed by atoms with Gasteiger partial charge in [0.05, 0.1) is 17.5 Å². The van der Waals surface area contributed by atoms with Crippen LogP contribution in [0.25, 0.3) is 0 Å². The van der Waals surface area contributed by atoms with Crippen LogP contribution in [-0.4, -0.2) is 63.5 Å². The summed E-state index contributed by atoms with van der Waals surface area (Å²) in [5.41, 5.74) is 0.984. The van der Waals surface area contributed by atoms with Crippen LogP contribution in [0.15, 0.2) is 64.9 Å². The topological polar surface area (TPSA) is 76.2 Å². The number of methoxy groups -OCH3 is 1. The maximum Gasteiger partial charge on any atom is 0.243 e. The Morgan fingerprint density at radius 1 is 1.16 bits per heavy atom. The molecule has 0 aliphatic carbocycles. The molecule has 2 aromatic carbocycles. The lowest BCUT2D eigenvalue weighted by Crippen LogP contribution is -2.48. The predicted molar refractivity (Wildman–Crippen MR) is 141 cm³/mol. The van der Waals surface area contributed by atoms with Crippen molar-refractivity contribution in [1.29, 1.82) is 0 Å². The van der Waals surface area contributed by atoms with Crippen LogP contribution in [0, 0.1) is 5.82 Å². The lowest BCUT2D eigenvalue weighted by atomic mass is 10.0. The molecule has 3 aromatic rings. The molecular weight excluding hydrogens is 539 g/mol. The first kappa shape index (κ1) is 27.5. The van der Waals surface area contributed by atoms with Crippen LogP contribution < -0.4 is 4.74 Å². The van der Waals surface area contributed by atoms with Crippen LogP contribution in [0.4, 0.5) is 4.39 Å². The first-order valence-corrected chi connectivity index (χ1v) is 14.5. The van der Waals surface area contributed by atoms with Crippen molar-refractivity contribution in [3.8, 4) is 5.75 Å². The molecule has 1 aromatic heterocycles. The van der Waals surface area contributed by atoms with Gasteiger partial charge in [0, 0.05) is 36.7 Å². The van der Waals surface area contributed by atoms with Crippen LogP contribution in [0.5, 0.6) is 5.75 Å². The van der Waals surface area contributed by atoms with Crippen molar-refractivity contribution >= 4 is 38.9 Å². The fourth-order valence-corrected chi connectivity index (χ4v) is 6.73. The fraction of sp³-hybridized carbons (Fsp3) is 0.346. The third kappa shape index (κ3) is 6.69. The molecule has 4 rings (SSSR count). The number of thiophene rings is 1. The predicted octanol–water partition coefficient (Wildman–Crippen LogP) is 4.77. The van der Waals surface area contributed by atoms with Gasteiger partial charge in [-0.25, -0.2) is 12.8 Å². The Labute approximate surface area is 225 Å². The highest BCUT2D eigenvalue weighted by Crippen LogP contribution is 2.34. The molecule has 0 spiro atoms. The molecule has 0 radical (unpaired) electrons. The Kier molecular flexibility index (Phi) is 9.20. The number of nitrogens with zero attached hydrogens (tertiary/aromatic N) is 2. The Balaban J connectivity index is 1.55. The second-order valence-corrected chi connectivity index (χ2v) is 11.9. The number of hydrogen-bond donors (Lipinski definition) is 0. The van der Waals surface area contributed by atoms with E-state index in [2.05, 4.69) is 0 Å². The van der Waals surface area contributed by atoms with E-state index in [1.807, 2.05) is 11.4 Å². The average molecular weight is 567 g/mol. The molecule has 1 aliphatic rings. The lowest BCUT2D eigenvalue weighted by Gasteiger charge is -2.37. The second kappa shape index (κ2) is 12.4. The highest BCUT2D eigenvalue weighted by molar-refractivity contribution is 7.89. The van der Waals surface area contributed by atoms with Crippen molar-refractivity contribution in [2.45, 2.75) is 23.8 Å². The zero-order chi connectivity index (χ0) is 26.4. The Hall–Kier alpha value is -2.50. The SMILES string of the molecule is COCCCN(CC(=O)N1CCc2sccc2[C@H]1COc1ccc(F)cc1)S(=O)(=O)c1ccc(Cl)cc1. The van der Waals surface area contributed by atoms with Crippen molar-refractivity contribution in [3.05, 3.63) is 81.3 Å². The van der Waals surface area contributed by atoms with Crippen molar-refractivity contribution in [2.75, 3.05) is 40.0 Å². The molecule has 0 saturated heterocycles. The summed E-state index contributed by atoms with van der Waals surface area (Å²) in [6, 6.07) is 13.2. The molecule has 0 unspecified atom stereocenters. The van der Waals surface area contributed by atoms with E-state index < -0.39 is 16.1 Å². The number of carbonyl (C=O) groups excluding carboxylic acids is 1. The molecule has 0 saturated carbocycles. The Morgan fingerprint density at radius 2 is 1.89 bits per heavy atom. The molecule has 0 bridgehead atoms. The molecule has 1 amide bonds. The highest BCUT2D eigenvalue weighted by atomic mass is 35.5. The van der Waals surface area contributed by atoms with Crippen LogP contribution >= 0.6 is 22.9 Å². The van der Waals surface area contributed by atoms with E-state index in [1.54, 1.807) is 23.3 Å². The fourth-order valence-electron chi connectivity index (χ4n) is 4.25. The van der Waals surface area contributed by atoms with E-state index in [4.69, 9.17) is 21.1 Å². The van der Waals surface area contributed by atoms with Crippen LogP contribution in [0.3, 0.4) is 0 Å². The van der Waals surface area contributed by atoms with Crippen molar-refractivity contribution in [3.63, 3.8) is 0 Å². The number of benzene rings is 2. The Bertz CT molecular complexity index is 1300. The van der Waals surface area contributed by atoms with Crippen LogP contribution in [0.2, 0.25) is 5.02 Å². The molecule has 1 atom stereocenters. The zero-order valence-electron chi connectivity index (χ0n) is 20.3. The summed E-state index contributed by atoms with van der Waals surface area (Å²) < 4.78 is 52.4. The van der Waals surface area contributed by atoms with Gasteiger partial charge in [0.25, 0.3) is 0 Å². The monoisotopic (exact) mass is 566 g/mol. The number of carbonyl (C=O) groups is 1. The molecule has 0 fully saturated rings. The minimum atomic E-state index is -3.95. The van der Waals surface area contributed by atoms with E-state index in [-0.39, 0.29) is 36.3 Å². The molecule has 1 aliphatic heterocycles. The van der Waals surface area contributed by atoms with E-state index >= 15 is 0 Å². The normalized spacial score (nSPS) is 15.6. The number of ether oxygens (including phenoxy) is 2. The van der Waals surface area contributed by atoms with Gasteiger partial charge in [-0.2, -0.15) is 4.31 Å². The standard InChI is InChI=1S/C26H28ClFN2O5S2/c1-34-15-2-13-29(37(32,33)22-9-3-19(27)4-10-22)17-26(31)30-14-11-25-23(12-16-36-25)24(30)18-35-21-7-5-20(28)6-8-21/h3-10,12,16,24H,2,11,13-15,17-18H2,1H3/t24-/m1/s1. The second-order valence-electron chi connectivity index (χ2n) is 8.56. The first-order chi connectivity index (χ1) is 17.8. The summed E-state index contributed by atoms with van der Waals surface area (Å²) in [5.74, 6) is -0.195. The van der Waals surface area contributed by atoms with E-state index in [0.717, 1.165) is 5.56 Å². The van der Waals surface area contributed by atoms with Crippen LogP contribution in [-0.2, 0) is 26.0 Å². The van der Waals surface area contributed by atoms with Gasteiger partial charge >= 0.3 is 0 Å². The van der Waals surface area contributed by atoms with Crippen molar-refractivity contribution in [2.24, 2.45) is 0 Å². The summed E-state index contributed by atoms with van der Waals surface area (Å²) in [5, 5.41) is 2.40. The van der Waals surface area contributed by atoms with Gasteiger partial charge in [-0.05, 0) is 78.4 Å². The summed E-state index contributed by atoms with van der Waals surface area (Å²) in [6.45, 7) is 0.766. The molecule has 2 heterocycles. The molecule has 37 heavy (non-hydrogen) atoms. The third-order valence-electron chi connectivity index (χ3n) is 6.16. The average Bonchev–Trinajstić information content (AvgIpc) is 3.37. The summed E-state index contributed by atoms with van der Waals surface area (Å²) in [4.78, 5) is 16.6. The maximum atomic E-state index is 13.6. The number of fused-ring (bicyclic) bond motifs is 1. The van der Waals surface area contributed by atoms with Crippen LogP contribution in [0.1, 0.15) is 22.9 Å². The van der Waals surface area contributed by atoms with Gasteiger partial charge in [-0.3, -0.25) is 4.79 Å². The highest BCUT2D eigenvalue weighted by Gasteiger charge is 2.35. The molecule has 7 nitrogen and oxygen atoms in total. The lowest BCUT2D eigenvalue weighted by molar-refractivity contribution is -0.135. The quantitative estimate of drug-likeness (QED) is 0.312. The van der Waals surface area contributed by atoms with Gasteiger partial charge < -0.3 is 14.4 Å². The number of rotatable bonds is 11. The summed E-state index contributed by atoms with van der Waals surface area (Å²) in [6.07, 6.45) is 1.11. The van der Waals surface area contributed by atoms with Gasteiger partial charge in [0.15, 0.2) is 0 Å². The molecule has 0 N–H and O–H groups in total. The summed E-state index contributed by atoms with van der Waals surface area (Å²) in [7, 11) is -2.41. The molecule has 198 valence electrons. The van der Waals surface area contributed by atoms with E-state index in [9.17, 15) is 17.6 Å². The maximum absolute atomic E-state index is 13.6. The molecule has 11 heteroatoms. The van der Waals surface area contributed by atoms with Crippen molar-refractivity contribution in [1.82, 2.24) is 9.21 Å². The van der Waals surface area contributed by atoms with Gasteiger partial charge in [-0.15, -0.1) is 11.3 Å².